The van der Waals surface area contributed by atoms with E-state index in [0.717, 1.165) is 5.56 Å². The molecule has 4 nitrogen and oxygen atoms in total. The minimum absolute atomic E-state index is 0.156. The molecule has 23 heavy (non-hydrogen) atoms. The Morgan fingerprint density at radius 1 is 1.17 bits per heavy atom. The highest BCUT2D eigenvalue weighted by Gasteiger charge is 2.15. The Labute approximate surface area is 142 Å². The van der Waals surface area contributed by atoms with Gasteiger partial charge >= 0.3 is 0 Å². The Morgan fingerprint density at radius 2 is 1.83 bits per heavy atom. The molecule has 0 saturated carbocycles. The molecule has 0 fully saturated rings. The topological polar surface area (TPSA) is 49.4 Å². The van der Waals surface area contributed by atoms with Crippen LogP contribution in [0.4, 0.5) is 4.39 Å². The van der Waals surface area contributed by atoms with E-state index in [1.54, 1.807) is 38.4 Å². The number of nitrogens with zero attached hydrogens (tertiary/aromatic N) is 1. The minimum atomic E-state index is -0.402. The number of rotatable bonds is 4. The largest absolute Gasteiger partial charge is 0.355 e. The van der Waals surface area contributed by atoms with E-state index in [0.29, 0.717) is 22.1 Å². The van der Waals surface area contributed by atoms with Gasteiger partial charge in [-0.2, -0.15) is 0 Å². The molecule has 2 aromatic carbocycles. The molecule has 0 aliphatic heterocycles. The minimum Gasteiger partial charge on any atom is -0.355 e. The quantitative estimate of drug-likeness (QED) is 0.887. The van der Waals surface area contributed by atoms with Gasteiger partial charge in [0, 0.05) is 30.7 Å². The molecule has 0 aromatic heterocycles. The van der Waals surface area contributed by atoms with Gasteiger partial charge in [-0.25, -0.2) is 4.39 Å². The summed E-state index contributed by atoms with van der Waals surface area (Å²) in [4.78, 5) is 25.4. The third-order valence-electron chi connectivity index (χ3n) is 3.37. The van der Waals surface area contributed by atoms with Crippen molar-refractivity contribution in [1.29, 1.82) is 0 Å². The molecule has 0 heterocycles. The summed E-state index contributed by atoms with van der Waals surface area (Å²) >= 11 is 3.20. The summed E-state index contributed by atoms with van der Waals surface area (Å²) in [5.74, 6) is -0.774. The fraction of sp³-hybridized carbons (Fsp3) is 0.176. The standard InChI is InChI=1S/C17H16BrFN2O2/c1-20-16(22)12-5-3-11(4-6-12)10-21(2)17(23)14-8-7-13(19)9-15(14)18/h3-9H,10H2,1-2H3,(H,20,22). The normalized spacial score (nSPS) is 10.3. The lowest BCUT2D eigenvalue weighted by Gasteiger charge is -2.18. The first kappa shape index (κ1) is 17.1. The molecule has 2 amide bonds. The van der Waals surface area contributed by atoms with Crippen molar-refractivity contribution in [1.82, 2.24) is 10.2 Å². The summed E-state index contributed by atoms with van der Waals surface area (Å²) in [5, 5.41) is 2.55. The summed E-state index contributed by atoms with van der Waals surface area (Å²) in [6.45, 7) is 0.386. The molecule has 1 N–H and O–H groups in total. The number of nitrogens with one attached hydrogen (secondary N) is 1. The zero-order chi connectivity index (χ0) is 17.0. The van der Waals surface area contributed by atoms with Crippen molar-refractivity contribution >= 4 is 27.7 Å². The number of carbonyl (C=O) groups excluding carboxylic acids is 2. The van der Waals surface area contributed by atoms with E-state index in [9.17, 15) is 14.0 Å². The van der Waals surface area contributed by atoms with Crippen LogP contribution in [0.1, 0.15) is 26.3 Å². The summed E-state index contributed by atoms with van der Waals surface area (Å²) in [6, 6.07) is 11.0. The van der Waals surface area contributed by atoms with Gasteiger partial charge in [-0.05, 0) is 51.8 Å². The van der Waals surface area contributed by atoms with Crippen LogP contribution in [0.25, 0.3) is 0 Å². The summed E-state index contributed by atoms with van der Waals surface area (Å²) in [5.41, 5.74) is 1.86. The summed E-state index contributed by atoms with van der Waals surface area (Å²) in [7, 11) is 3.24. The highest BCUT2D eigenvalue weighted by atomic mass is 79.9. The fourth-order valence-electron chi connectivity index (χ4n) is 2.12. The van der Waals surface area contributed by atoms with Crippen LogP contribution < -0.4 is 5.32 Å². The second kappa shape index (κ2) is 7.37. The molecule has 0 saturated heterocycles. The second-order valence-corrected chi connectivity index (χ2v) is 5.92. The van der Waals surface area contributed by atoms with Crippen LogP contribution in [-0.4, -0.2) is 30.8 Å². The van der Waals surface area contributed by atoms with Gasteiger partial charge in [-0.15, -0.1) is 0 Å². The van der Waals surface area contributed by atoms with E-state index in [4.69, 9.17) is 0 Å². The molecule has 2 rings (SSSR count). The smallest absolute Gasteiger partial charge is 0.255 e. The molecule has 2 aromatic rings. The Hall–Kier alpha value is -2.21. The van der Waals surface area contributed by atoms with Gasteiger partial charge in [0.15, 0.2) is 0 Å². The lowest BCUT2D eigenvalue weighted by molar-refractivity contribution is 0.0783. The molecule has 6 heteroatoms. The zero-order valence-corrected chi connectivity index (χ0v) is 14.4. The Balaban J connectivity index is 2.10. The van der Waals surface area contributed by atoms with E-state index in [1.807, 2.05) is 0 Å². The Kier molecular flexibility index (Phi) is 5.50. The van der Waals surface area contributed by atoms with Gasteiger partial charge in [-0.3, -0.25) is 9.59 Å². The van der Waals surface area contributed by atoms with E-state index < -0.39 is 5.82 Å². The molecule has 0 spiro atoms. The van der Waals surface area contributed by atoms with Gasteiger partial charge in [0.2, 0.25) is 0 Å². The van der Waals surface area contributed by atoms with Crippen LogP contribution in [0.5, 0.6) is 0 Å². The van der Waals surface area contributed by atoms with Crippen molar-refractivity contribution in [2.45, 2.75) is 6.54 Å². The molecular formula is C17H16BrFN2O2. The molecule has 0 aliphatic rings. The average Bonchev–Trinajstić information content (AvgIpc) is 2.54. The van der Waals surface area contributed by atoms with Gasteiger partial charge < -0.3 is 10.2 Å². The van der Waals surface area contributed by atoms with Gasteiger partial charge in [0.05, 0.1) is 5.56 Å². The predicted molar refractivity (Wildman–Crippen MR) is 89.7 cm³/mol. The van der Waals surface area contributed by atoms with Gasteiger partial charge in [0.1, 0.15) is 5.82 Å². The van der Waals surface area contributed by atoms with E-state index in [2.05, 4.69) is 21.2 Å². The predicted octanol–water partition coefficient (Wildman–Crippen LogP) is 3.22. The van der Waals surface area contributed by atoms with Gasteiger partial charge in [-0.1, -0.05) is 12.1 Å². The number of halogens is 2. The second-order valence-electron chi connectivity index (χ2n) is 5.06. The van der Waals surface area contributed by atoms with Crippen molar-refractivity contribution in [3.05, 3.63) is 69.4 Å². The van der Waals surface area contributed by atoms with E-state index >= 15 is 0 Å². The first-order valence-electron chi connectivity index (χ1n) is 6.94. The maximum Gasteiger partial charge on any atom is 0.255 e. The van der Waals surface area contributed by atoms with Crippen molar-refractivity contribution in [2.75, 3.05) is 14.1 Å². The highest BCUT2D eigenvalue weighted by molar-refractivity contribution is 9.10. The number of hydrogen-bond acceptors (Lipinski definition) is 2. The number of hydrogen-bond donors (Lipinski definition) is 1. The number of benzene rings is 2. The molecule has 0 aliphatic carbocycles. The molecule has 0 bridgehead atoms. The molecule has 0 radical (unpaired) electrons. The highest BCUT2D eigenvalue weighted by Crippen LogP contribution is 2.20. The molecule has 120 valence electrons. The maximum atomic E-state index is 13.1. The zero-order valence-electron chi connectivity index (χ0n) is 12.8. The van der Waals surface area contributed by atoms with E-state index in [-0.39, 0.29) is 11.8 Å². The average molecular weight is 379 g/mol. The van der Waals surface area contributed by atoms with Crippen LogP contribution in [0.15, 0.2) is 46.9 Å². The van der Waals surface area contributed by atoms with Crippen molar-refractivity contribution in [3.8, 4) is 0 Å². The van der Waals surface area contributed by atoms with Crippen LogP contribution in [0.2, 0.25) is 0 Å². The SMILES string of the molecule is CNC(=O)c1ccc(CN(C)C(=O)c2ccc(F)cc2Br)cc1. The fourth-order valence-corrected chi connectivity index (χ4v) is 2.64. The van der Waals surface area contributed by atoms with Crippen molar-refractivity contribution < 1.29 is 14.0 Å². The summed E-state index contributed by atoms with van der Waals surface area (Å²) in [6.07, 6.45) is 0. The van der Waals surface area contributed by atoms with Crippen LogP contribution in [-0.2, 0) is 6.54 Å². The van der Waals surface area contributed by atoms with Crippen molar-refractivity contribution in [3.63, 3.8) is 0 Å². The first-order chi connectivity index (χ1) is 10.9. The molecular weight excluding hydrogens is 363 g/mol. The third-order valence-corrected chi connectivity index (χ3v) is 4.03. The Morgan fingerprint density at radius 3 is 2.39 bits per heavy atom. The maximum absolute atomic E-state index is 13.1. The summed E-state index contributed by atoms with van der Waals surface area (Å²) < 4.78 is 13.5. The monoisotopic (exact) mass is 378 g/mol. The van der Waals surface area contributed by atoms with Gasteiger partial charge in [0.25, 0.3) is 11.8 Å². The lowest BCUT2D eigenvalue weighted by atomic mass is 10.1. The molecule has 0 atom stereocenters. The van der Waals surface area contributed by atoms with Crippen LogP contribution in [0.3, 0.4) is 0 Å². The van der Waals surface area contributed by atoms with E-state index in [1.165, 1.54) is 23.1 Å². The third kappa shape index (κ3) is 4.16. The molecule has 0 unspecified atom stereocenters. The first-order valence-corrected chi connectivity index (χ1v) is 7.73. The van der Waals surface area contributed by atoms with Crippen molar-refractivity contribution in [2.24, 2.45) is 0 Å². The number of carbonyl (C=O) groups is 2. The Bertz CT molecular complexity index is 732. The van der Waals surface area contributed by atoms with Crippen LogP contribution >= 0.6 is 15.9 Å². The lowest BCUT2D eigenvalue weighted by Crippen LogP contribution is -2.26. The van der Waals surface area contributed by atoms with Crippen LogP contribution in [0, 0.1) is 5.82 Å². The number of amides is 2.